The third kappa shape index (κ3) is 3.60. The number of hydrogen-bond donors (Lipinski definition) is 2. The Morgan fingerprint density at radius 3 is 2.71 bits per heavy atom. The molecule has 0 bridgehead atoms. The zero-order valence-corrected chi connectivity index (χ0v) is 12.7. The molecule has 0 unspecified atom stereocenters. The second kappa shape index (κ2) is 6.71. The van der Waals surface area contributed by atoms with Crippen molar-refractivity contribution in [2.45, 2.75) is 38.5 Å². The standard InChI is InChI=1S/C14H18N2O4S/c1-20-11(18)7-3-6-10(17)16-14-12(13(15)19)8-4-2-5-9(8)21-14/h2-7H2,1H3,(H2,15,19)(H,16,17). The number of ether oxygens (including phenoxy) is 1. The Hall–Kier alpha value is -1.89. The first-order chi connectivity index (χ1) is 10.0. The molecule has 0 saturated heterocycles. The highest BCUT2D eigenvalue weighted by Gasteiger charge is 2.25. The van der Waals surface area contributed by atoms with E-state index < -0.39 is 5.91 Å². The summed E-state index contributed by atoms with van der Waals surface area (Å²) in [5.41, 5.74) is 6.86. The number of rotatable bonds is 6. The molecule has 21 heavy (non-hydrogen) atoms. The topological polar surface area (TPSA) is 98.5 Å². The fourth-order valence-electron chi connectivity index (χ4n) is 2.44. The van der Waals surface area contributed by atoms with Crippen molar-refractivity contribution in [3.05, 3.63) is 16.0 Å². The molecule has 114 valence electrons. The number of anilines is 1. The second-order valence-corrected chi connectivity index (χ2v) is 6.01. The van der Waals surface area contributed by atoms with Gasteiger partial charge in [0.2, 0.25) is 5.91 Å². The highest BCUT2D eigenvalue weighted by atomic mass is 32.1. The Morgan fingerprint density at radius 1 is 1.29 bits per heavy atom. The summed E-state index contributed by atoms with van der Waals surface area (Å²) in [7, 11) is 1.31. The number of esters is 1. The van der Waals surface area contributed by atoms with Crippen LogP contribution in [0.15, 0.2) is 0 Å². The van der Waals surface area contributed by atoms with Crippen LogP contribution in [0.3, 0.4) is 0 Å². The molecule has 3 N–H and O–H groups in total. The number of fused-ring (bicyclic) bond motifs is 1. The lowest BCUT2D eigenvalue weighted by atomic mass is 10.1. The fraction of sp³-hybridized carbons (Fsp3) is 0.500. The zero-order valence-electron chi connectivity index (χ0n) is 11.9. The molecule has 0 aliphatic heterocycles. The van der Waals surface area contributed by atoms with Gasteiger partial charge in [0.1, 0.15) is 5.00 Å². The van der Waals surface area contributed by atoms with Gasteiger partial charge in [-0.3, -0.25) is 14.4 Å². The minimum Gasteiger partial charge on any atom is -0.469 e. The highest BCUT2D eigenvalue weighted by molar-refractivity contribution is 7.17. The smallest absolute Gasteiger partial charge is 0.305 e. The quantitative estimate of drug-likeness (QED) is 0.780. The van der Waals surface area contributed by atoms with E-state index in [9.17, 15) is 14.4 Å². The summed E-state index contributed by atoms with van der Waals surface area (Å²) in [5, 5.41) is 3.28. The maximum absolute atomic E-state index is 11.9. The number of methoxy groups -OCH3 is 1. The van der Waals surface area contributed by atoms with Crippen molar-refractivity contribution in [1.29, 1.82) is 0 Å². The number of carbonyl (C=O) groups is 3. The van der Waals surface area contributed by atoms with Crippen LogP contribution in [0, 0.1) is 0 Å². The van der Waals surface area contributed by atoms with Crippen molar-refractivity contribution in [3.63, 3.8) is 0 Å². The summed E-state index contributed by atoms with van der Waals surface area (Å²) >= 11 is 1.43. The van der Waals surface area contributed by atoms with Gasteiger partial charge in [0.15, 0.2) is 0 Å². The van der Waals surface area contributed by atoms with Gasteiger partial charge >= 0.3 is 5.97 Å². The van der Waals surface area contributed by atoms with E-state index in [1.807, 2.05) is 0 Å². The molecule has 0 atom stereocenters. The molecule has 0 spiro atoms. The minimum atomic E-state index is -0.501. The lowest BCUT2D eigenvalue weighted by molar-refractivity contribution is -0.140. The molecule has 0 radical (unpaired) electrons. The van der Waals surface area contributed by atoms with E-state index in [0.717, 1.165) is 29.7 Å². The number of amides is 2. The molecular weight excluding hydrogens is 292 g/mol. The molecule has 1 aliphatic rings. The number of nitrogens with two attached hydrogens (primary N) is 1. The Kier molecular flexibility index (Phi) is 4.95. The number of thiophene rings is 1. The van der Waals surface area contributed by atoms with E-state index in [2.05, 4.69) is 10.1 Å². The minimum absolute atomic E-state index is 0.202. The van der Waals surface area contributed by atoms with Crippen LogP contribution in [-0.4, -0.2) is 24.9 Å². The van der Waals surface area contributed by atoms with Gasteiger partial charge in [0.05, 0.1) is 12.7 Å². The summed E-state index contributed by atoms with van der Waals surface area (Å²) in [5.74, 6) is -1.06. The van der Waals surface area contributed by atoms with Crippen molar-refractivity contribution >= 4 is 34.1 Å². The molecule has 0 aromatic carbocycles. The molecular formula is C14H18N2O4S. The van der Waals surface area contributed by atoms with Gasteiger partial charge in [-0.05, 0) is 31.2 Å². The van der Waals surface area contributed by atoms with Crippen LogP contribution < -0.4 is 11.1 Å². The molecule has 0 fully saturated rings. The second-order valence-electron chi connectivity index (χ2n) is 4.90. The van der Waals surface area contributed by atoms with Crippen LogP contribution in [-0.2, 0) is 27.2 Å². The Morgan fingerprint density at radius 2 is 2.05 bits per heavy atom. The number of carbonyl (C=O) groups excluding carboxylic acids is 3. The van der Waals surface area contributed by atoms with E-state index in [1.54, 1.807) is 0 Å². The van der Waals surface area contributed by atoms with E-state index in [4.69, 9.17) is 5.73 Å². The van der Waals surface area contributed by atoms with Crippen LogP contribution in [0.4, 0.5) is 5.00 Å². The van der Waals surface area contributed by atoms with Gasteiger partial charge in [-0.25, -0.2) is 0 Å². The monoisotopic (exact) mass is 310 g/mol. The Bertz CT molecular complexity index is 580. The highest BCUT2D eigenvalue weighted by Crippen LogP contribution is 2.38. The van der Waals surface area contributed by atoms with Crippen LogP contribution >= 0.6 is 11.3 Å². The summed E-state index contributed by atoms with van der Waals surface area (Å²) < 4.78 is 4.51. The lowest BCUT2D eigenvalue weighted by Gasteiger charge is -2.05. The number of hydrogen-bond acceptors (Lipinski definition) is 5. The van der Waals surface area contributed by atoms with Crippen molar-refractivity contribution in [1.82, 2.24) is 0 Å². The molecule has 7 heteroatoms. The molecule has 2 amide bonds. The van der Waals surface area contributed by atoms with E-state index in [1.165, 1.54) is 18.4 Å². The van der Waals surface area contributed by atoms with E-state index >= 15 is 0 Å². The lowest BCUT2D eigenvalue weighted by Crippen LogP contribution is -2.17. The van der Waals surface area contributed by atoms with Gasteiger partial charge in [-0.2, -0.15) is 0 Å². The van der Waals surface area contributed by atoms with Crippen LogP contribution in [0.5, 0.6) is 0 Å². The molecule has 1 aliphatic carbocycles. The molecule has 0 saturated carbocycles. The largest absolute Gasteiger partial charge is 0.469 e. The number of nitrogens with one attached hydrogen (secondary N) is 1. The first kappa shape index (κ1) is 15.5. The molecule has 1 aromatic rings. The van der Waals surface area contributed by atoms with Crippen molar-refractivity contribution in [2.75, 3.05) is 12.4 Å². The van der Waals surface area contributed by atoms with Crippen molar-refractivity contribution < 1.29 is 19.1 Å². The maximum atomic E-state index is 11.9. The summed E-state index contributed by atoms with van der Waals surface area (Å²) in [6.45, 7) is 0. The maximum Gasteiger partial charge on any atom is 0.305 e. The zero-order chi connectivity index (χ0) is 15.4. The molecule has 2 rings (SSSR count). The summed E-state index contributed by atoms with van der Waals surface area (Å²) in [4.78, 5) is 35.6. The van der Waals surface area contributed by atoms with E-state index in [0.29, 0.717) is 17.0 Å². The van der Waals surface area contributed by atoms with Gasteiger partial charge in [0.25, 0.3) is 5.91 Å². The Labute approximate surface area is 126 Å². The van der Waals surface area contributed by atoms with Gasteiger partial charge in [-0.1, -0.05) is 0 Å². The summed E-state index contributed by atoms with van der Waals surface area (Å²) in [6.07, 6.45) is 3.61. The van der Waals surface area contributed by atoms with Crippen LogP contribution in [0.2, 0.25) is 0 Å². The third-order valence-electron chi connectivity index (χ3n) is 3.43. The van der Waals surface area contributed by atoms with E-state index in [-0.39, 0.29) is 24.7 Å². The van der Waals surface area contributed by atoms with Crippen LogP contribution in [0.1, 0.15) is 46.5 Å². The normalized spacial score (nSPS) is 12.8. The predicted molar refractivity (Wildman–Crippen MR) is 79.4 cm³/mol. The SMILES string of the molecule is COC(=O)CCCC(=O)Nc1sc2c(c1C(N)=O)CCC2. The van der Waals surface area contributed by atoms with Crippen molar-refractivity contribution in [3.8, 4) is 0 Å². The van der Waals surface area contributed by atoms with Crippen LogP contribution in [0.25, 0.3) is 0 Å². The average Bonchev–Trinajstić information content (AvgIpc) is 2.97. The molecule has 6 nitrogen and oxygen atoms in total. The first-order valence-electron chi connectivity index (χ1n) is 6.84. The number of primary amides is 1. The molecule has 1 heterocycles. The Balaban J connectivity index is 1.98. The predicted octanol–water partition coefficient (Wildman–Crippen LogP) is 1.62. The summed E-state index contributed by atoms with van der Waals surface area (Å²) in [6, 6.07) is 0. The molecule has 1 aromatic heterocycles. The van der Waals surface area contributed by atoms with Crippen molar-refractivity contribution in [2.24, 2.45) is 5.73 Å². The van der Waals surface area contributed by atoms with Gasteiger partial charge < -0.3 is 15.8 Å². The number of aryl methyl sites for hydroxylation is 1. The van der Waals surface area contributed by atoms with Gasteiger partial charge in [0, 0.05) is 17.7 Å². The first-order valence-corrected chi connectivity index (χ1v) is 7.65. The average molecular weight is 310 g/mol. The third-order valence-corrected chi connectivity index (χ3v) is 4.64. The van der Waals surface area contributed by atoms with Gasteiger partial charge in [-0.15, -0.1) is 11.3 Å². The fourth-order valence-corrected chi connectivity index (χ4v) is 3.75.